The second-order valence-corrected chi connectivity index (χ2v) is 9.76. The van der Waals surface area contributed by atoms with Crippen molar-refractivity contribution in [2.75, 3.05) is 13.2 Å². The van der Waals surface area contributed by atoms with Crippen LogP contribution in [0.5, 0.6) is 28.7 Å². The van der Waals surface area contributed by atoms with Crippen LogP contribution in [0.4, 0.5) is 0 Å². The molecule has 42 heavy (non-hydrogen) atoms. The maximum Gasteiger partial charge on any atom is 0.229 e. The van der Waals surface area contributed by atoms with Crippen molar-refractivity contribution < 1.29 is 74.4 Å². The molecule has 16 nitrogen and oxygen atoms in total. The van der Waals surface area contributed by atoms with Gasteiger partial charge in [0.2, 0.25) is 29.8 Å². The van der Waals surface area contributed by atoms with E-state index in [1.807, 2.05) is 0 Å². The molecule has 16 heteroatoms. The van der Waals surface area contributed by atoms with E-state index in [1.165, 1.54) is 24.3 Å². The van der Waals surface area contributed by atoms with E-state index >= 15 is 0 Å². The SMILES string of the molecule is O=c1cc(-c2ccc(O)cc2)oc2c(O[C@@H]3O[C@H](CO)[C@@H](O)[C@@H](O)[C@H]3O)c(O)c(O[C@@H]3OC[C@@H](O)[C@H](O)[C@H]3O)c(O)c12. The molecule has 10 N–H and O–H groups in total. The second kappa shape index (κ2) is 11.5. The van der Waals surface area contributed by atoms with Crippen LogP contribution in [0.25, 0.3) is 22.3 Å². The first-order valence-electron chi connectivity index (χ1n) is 12.6. The molecule has 0 bridgehead atoms. The Morgan fingerprint density at radius 3 is 2.10 bits per heavy atom. The zero-order valence-electron chi connectivity index (χ0n) is 21.4. The van der Waals surface area contributed by atoms with Gasteiger partial charge < -0.3 is 74.4 Å². The number of ether oxygens (including phenoxy) is 4. The fraction of sp³-hybridized carbons (Fsp3) is 0.423. The van der Waals surface area contributed by atoms with E-state index in [2.05, 4.69) is 0 Å². The number of aliphatic hydroxyl groups excluding tert-OH is 7. The molecule has 2 aromatic carbocycles. The van der Waals surface area contributed by atoms with E-state index in [9.17, 15) is 55.9 Å². The normalized spacial score (nSPS) is 31.6. The molecule has 1 aromatic heterocycles. The fourth-order valence-electron chi connectivity index (χ4n) is 4.58. The summed E-state index contributed by atoms with van der Waals surface area (Å²) in [5.41, 5.74) is -1.23. The Labute approximate surface area is 235 Å². The number of aromatic hydroxyl groups is 3. The number of fused-ring (bicyclic) bond motifs is 1. The topological polar surface area (TPSA) is 269 Å². The van der Waals surface area contributed by atoms with Gasteiger partial charge in [-0.25, -0.2) is 0 Å². The maximum absolute atomic E-state index is 13.3. The first kappa shape index (κ1) is 29.8. The number of hydrogen-bond donors (Lipinski definition) is 10. The predicted octanol–water partition coefficient (Wildman–Crippen LogP) is -2.43. The van der Waals surface area contributed by atoms with Gasteiger partial charge in [0, 0.05) is 11.6 Å². The average molecular weight is 596 g/mol. The summed E-state index contributed by atoms with van der Waals surface area (Å²) < 4.78 is 27.3. The molecule has 9 atom stereocenters. The second-order valence-electron chi connectivity index (χ2n) is 9.76. The lowest BCUT2D eigenvalue weighted by atomic mass is 9.99. The summed E-state index contributed by atoms with van der Waals surface area (Å²) >= 11 is 0. The number of rotatable bonds is 6. The Kier molecular flexibility index (Phi) is 8.17. The van der Waals surface area contributed by atoms with Gasteiger partial charge in [-0.1, -0.05) is 0 Å². The summed E-state index contributed by atoms with van der Waals surface area (Å²) in [7, 11) is 0. The highest BCUT2D eigenvalue weighted by Crippen LogP contribution is 2.51. The monoisotopic (exact) mass is 596 g/mol. The molecule has 0 radical (unpaired) electrons. The third-order valence-corrected chi connectivity index (χ3v) is 6.96. The Hall–Kier alpha value is -3.71. The Balaban J connectivity index is 1.66. The molecule has 0 spiro atoms. The highest BCUT2D eigenvalue weighted by molar-refractivity contribution is 5.95. The number of hydrogen-bond acceptors (Lipinski definition) is 16. The third kappa shape index (κ3) is 5.19. The smallest absolute Gasteiger partial charge is 0.229 e. The van der Waals surface area contributed by atoms with E-state index in [1.54, 1.807) is 0 Å². The van der Waals surface area contributed by atoms with Crippen LogP contribution in [-0.2, 0) is 9.47 Å². The lowest BCUT2D eigenvalue weighted by Gasteiger charge is -2.39. The van der Waals surface area contributed by atoms with Crippen molar-refractivity contribution in [2.24, 2.45) is 0 Å². The first-order valence-corrected chi connectivity index (χ1v) is 12.6. The molecular weight excluding hydrogens is 568 g/mol. The number of phenolic OH excluding ortho intramolecular Hbond substituents is 3. The molecule has 228 valence electrons. The van der Waals surface area contributed by atoms with Crippen LogP contribution in [-0.4, -0.2) is 120 Å². The van der Waals surface area contributed by atoms with E-state index in [0.29, 0.717) is 0 Å². The average Bonchev–Trinajstić information content (AvgIpc) is 2.97. The Morgan fingerprint density at radius 2 is 1.43 bits per heavy atom. The Bertz CT molecular complexity index is 1490. The zero-order valence-corrected chi connectivity index (χ0v) is 21.4. The molecule has 0 saturated carbocycles. The summed E-state index contributed by atoms with van der Waals surface area (Å²) in [4.78, 5) is 13.3. The minimum Gasteiger partial charge on any atom is -0.508 e. The molecule has 3 heterocycles. The van der Waals surface area contributed by atoms with Crippen LogP contribution >= 0.6 is 0 Å². The summed E-state index contributed by atoms with van der Waals surface area (Å²) in [5.74, 6) is -3.99. The van der Waals surface area contributed by atoms with E-state index in [-0.39, 0.29) is 17.1 Å². The van der Waals surface area contributed by atoms with Gasteiger partial charge in [-0.3, -0.25) is 4.79 Å². The summed E-state index contributed by atoms with van der Waals surface area (Å²) in [6, 6.07) is 6.38. The predicted molar refractivity (Wildman–Crippen MR) is 136 cm³/mol. The van der Waals surface area contributed by atoms with Crippen molar-refractivity contribution in [3.8, 4) is 40.1 Å². The molecule has 2 fully saturated rings. The van der Waals surface area contributed by atoms with Crippen molar-refractivity contribution in [1.82, 2.24) is 0 Å². The summed E-state index contributed by atoms with van der Waals surface area (Å²) in [6.07, 6.45) is -15.8. The molecule has 3 aromatic rings. The molecule has 0 unspecified atom stereocenters. The molecule has 0 aliphatic carbocycles. The van der Waals surface area contributed by atoms with Gasteiger partial charge >= 0.3 is 0 Å². The number of benzene rings is 2. The standard InChI is InChI=1S/C26H28O16/c27-6-13-16(32)18(34)20(36)26(40-13)42-24-21(37)23(41-25-19(35)15(31)11(30)7-38-25)17(33)14-10(29)5-12(39-22(14)24)8-1-3-9(28)4-2-8/h1-5,11,13,15-16,18-20,25-28,30-37H,6-7H2/t11-,13-,15+,16-,18-,19-,20-,25+,26+/m1/s1. The van der Waals surface area contributed by atoms with Crippen LogP contribution in [0.2, 0.25) is 0 Å². The maximum atomic E-state index is 13.3. The molecular formula is C26H28O16. The zero-order chi connectivity index (χ0) is 30.5. The van der Waals surface area contributed by atoms with Gasteiger partial charge in [0.1, 0.15) is 59.6 Å². The lowest BCUT2D eigenvalue weighted by molar-refractivity contribution is -0.277. The quantitative estimate of drug-likeness (QED) is 0.142. The van der Waals surface area contributed by atoms with Crippen LogP contribution in [0, 0.1) is 0 Å². The van der Waals surface area contributed by atoms with Crippen LogP contribution in [0.3, 0.4) is 0 Å². The molecule has 0 amide bonds. The van der Waals surface area contributed by atoms with Crippen LogP contribution in [0.15, 0.2) is 39.5 Å². The third-order valence-electron chi connectivity index (χ3n) is 6.96. The summed E-state index contributed by atoms with van der Waals surface area (Å²) in [5, 5.41) is 102. The minimum absolute atomic E-state index is 0.0876. The van der Waals surface area contributed by atoms with Crippen molar-refractivity contribution in [3.63, 3.8) is 0 Å². The van der Waals surface area contributed by atoms with Crippen molar-refractivity contribution in [1.29, 1.82) is 0 Å². The van der Waals surface area contributed by atoms with Crippen molar-refractivity contribution >= 4 is 11.0 Å². The fourth-order valence-corrected chi connectivity index (χ4v) is 4.58. The lowest BCUT2D eigenvalue weighted by Crippen LogP contribution is -2.60. The largest absolute Gasteiger partial charge is 0.508 e. The highest BCUT2D eigenvalue weighted by Gasteiger charge is 2.46. The van der Waals surface area contributed by atoms with Gasteiger partial charge in [0.25, 0.3) is 0 Å². The minimum atomic E-state index is -1.97. The van der Waals surface area contributed by atoms with E-state index in [0.717, 1.165) is 6.07 Å². The van der Waals surface area contributed by atoms with Crippen molar-refractivity contribution in [2.45, 2.75) is 55.3 Å². The van der Waals surface area contributed by atoms with Gasteiger partial charge in [-0.05, 0) is 24.3 Å². The number of phenols is 3. The van der Waals surface area contributed by atoms with Gasteiger partial charge in [-0.2, -0.15) is 0 Å². The van der Waals surface area contributed by atoms with E-state index < -0.39 is 108 Å². The first-order chi connectivity index (χ1) is 19.9. The molecule has 2 aliphatic rings. The van der Waals surface area contributed by atoms with Crippen LogP contribution < -0.4 is 14.9 Å². The van der Waals surface area contributed by atoms with Crippen molar-refractivity contribution in [3.05, 3.63) is 40.6 Å². The van der Waals surface area contributed by atoms with E-state index in [4.69, 9.17) is 23.4 Å². The molecule has 2 aliphatic heterocycles. The molecule has 5 rings (SSSR count). The highest BCUT2D eigenvalue weighted by atomic mass is 16.7. The van der Waals surface area contributed by atoms with Gasteiger partial charge in [0.05, 0.1) is 13.2 Å². The van der Waals surface area contributed by atoms with Gasteiger partial charge in [-0.15, -0.1) is 0 Å². The number of aliphatic hydroxyl groups is 7. The Morgan fingerprint density at radius 1 is 0.786 bits per heavy atom. The molecule has 2 saturated heterocycles. The van der Waals surface area contributed by atoms with Gasteiger partial charge in [0.15, 0.2) is 16.8 Å². The van der Waals surface area contributed by atoms with Crippen LogP contribution in [0.1, 0.15) is 0 Å². The summed E-state index contributed by atoms with van der Waals surface area (Å²) in [6.45, 7) is -1.32.